The fourth-order valence-electron chi connectivity index (χ4n) is 2.41. The maximum absolute atomic E-state index is 12.0. The lowest BCUT2D eigenvalue weighted by atomic mass is 10.0. The molecule has 0 aliphatic heterocycles. The second-order valence-corrected chi connectivity index (χ2v) is 5.08. The van der Waals surface area contributed by atoms with Gasteiger partial charge in [0.25, 0.3) is 0 Å². The molecule has 0 aliphatic rings. The van der Waals surface area contributed by atoms with Crippen molar-refractivity contribution in [2.24, 2.45) is 0 Å². The van der Waals surface area contributed by atoms with Crippen LogP contribution in [-0.4, -0.2) is 5.91 Å². The molecule has 3 aromatic rings. The summed E-state index contributed by atoms with van der Waals surface area (Å²) in [6.07, 6.45) is 3.30. The number of hydrogen-bond acceptors (Lipinski definition) is 2. The summed E-state index contributed by atoms with van der Waals surface area (Å²) in [6, 6.07) is 22.9. The van der Waals surface area contributed by atoms with E-state index in [0.29, 0.717) is 11.3 Å². The normalized spacial score (nSPS) is 10.6. The maximum Gasteiger partial charge on any atom is 0.248 e. The van der Waals surface area contributed by atoms with Gasteiger partial charge in [0.05, 0.1) is 11.6 Å². The number of nitriles is 1. The fourth-order valence-corrected chi connectivity index (χ4v) is 2.41. The zero-order valence-electron chi connectivity index (χ0n) is 12.4. The van der Waals surface area contributed by atoms with Crippen LogP contribution in [0.15, 0.2) is 72.8 Å². The molecule has 1 amide bonds. The molecule has 0 aromatic heterocycles. The molecule has 3 rings (SSSR count). The zero-order valence-corrected chi connectivity index (χ0v) is 12.4. The van der Waals surface area contributed by atoms with Crippen molar-refractivity contribution >= 4 is 28.4 Å². The SMILES string of the molecule is N#Cc1cccc(NC(=O)/C=C/c2cccc3ccccc23)c1. The van der Waals surface area contributed by atoms with Crippen LogP contribution in [0.2, 0.25) is 0 Å². The van der Waals surface area contributed by atoms with Crippen LogP contribution < -0.4 is 5.32 Å². The summed E-state index contributed by atoms with van der Waals surface area (Å²) in [6.45, 7) is 0. The first-order valence-electron chi connectivity index (χ1n) is 7.23. The van der Waals surface area contributed by atoms with E-state index in [-0.39, 0.29) is 5.91 Å². The van der Waals surface area contributed by atoms with Gasteiger partial charge in [0.1, 0.15) is 0 Å². The van der Waals surface area contributed by atoms with Crippen LogP contribution in [0, 0.1) is 11.3 Å². The molecular weight excluding hydrogens is 284 g/mol. The molecule has 0 atom stereocenters. The molecular formula is C20H14N2O. The van der Waals surface area contributed by atoms with Crippen LogP contribution in [0.4, 0.5) is 5.69 Å². The first-order chi connectivity index (χ1) is 11.3. The Bertz CT molecular complexity index is 930. The monoisotopic (exact) mass is 298 g/mol. The largest absolute Gasteiger partial charge is 0.322 e. The number of rotatable bonds is 3. The Labute approximate surface area is 134 Å². The Morgan fingerprint density at radius 2 is 1.78 bits per heavy atom. The lowest BCUT2D eigenvalue weighted by molar-refractivity contribution is -0.111. The molecule has 0 heterocycles. The third-order valence-electron chi connectivity index (χ3n) is 3.50. The number of carbonyl (C=O) groups is 1. The van der Waals surface area contributed by atoms with Crippen LogP contribution in [0.3, 0.4) is 0 Å². The Morgan fingerprint density at radius 1 is 1.00 bits per heavy atom. The Morgan fingerprint density at radius 3 is 2.65 bits per heavy atom. The number of benzene rings is 3. The van der Waals surface area contributed by atoms with Crippen molar-refractivity contribution in [3.8, 4) is 6.07 Å². The minimum Gasteiger partial charge on any atom is -0.322 e. The Balaban J connectivity index is 1.79. The number of nitrogens with one attached hydrogen (secondary N) is 1. The summed E-state index contributed by atoms with van der Waals surface area (Å²) in [4.78, 5) is 12.0. The standard InChI is InChI=1S/C20H14N2O/c21-14-15-5-3-9-18(13-15)22-20(23)12-11-17-8-4-7-16-6-1-2-10-19(16)17/h1-13H,(H,22,23)/b12-11+. The fraction of sp³-hybridized carbons (Fsp3) is 0. The van der Waals surface area contributed by atoms with E-state index in [1.165, 1.54) is 6.08 Å². The molecule has 0 saturated heterocycles. The van der Waals surface area contributed by atoms with Gasteiger partial charge in [-0.25, -0.2) is 0 Å². The van der Waals surface area contributed by atoms with Gasteiger partial charge in [-0.1, -0.05) is 48.5 Å². The smallest absolute Gasteiger partial charge is 0.248 e. The molecule has 0 aliphatic carbocycles. The summed E-state index contributed by atoms with van der Waals surface area (Å²) in [5, 5.41) is 13.9. The van der Waals surface area contributed by atoms with Gasteiger partial charge in [0.2, 0.25) is 5.91 Å². The van der Waals surface area contributed by atoms with Gasteiger partial charge in [-0.2, -0.15) is 5.26 Å². The molecule has 0 fully saturated rings. The highest BCUT2D eigenvalue weighted by Gasteiger charge is 2.01. The van der Waals surface area contributed by atoms with Gasteiger partial charge in [-0.3, -0.25) is 4.79 Å². The summed E-state index contributed by atoms with van der Waals surface area (Å²) >= 11 is 0. The zero-order chi connectivity index (χ0) is 16.1. The lowest BCUT2D eigenvalue weighted by Crippen LogP contribution is -2.07. The predicted octanol–water partition coefficient (Wildman–Crippen LogP) is 4.36. The van der Waals surface area contributed by atoms with Crippen LogP contribution in [0.5, 0.6) is 0 Å². The maximum atomic E-state index is 12.0. The highest BCUT2D eigenvalue weighted by atomic mass is 16.1. The molecule has 3 nitrogen and oxygen atoms in total. The molecule has 0 bridgehead atoms. The average molecular weight is 298 g/mol. The number of amides is 1. The average Bonchev–Trinajstić information content (AvgIpc) is 2.60. The molecule has 23 heavy (non-hydrogen) atoms. The summed E-state index contributed by atoms with van der Waals surface area (Å²) in [7, 11) is 0. The van der Waals surface area contributed by atoms with Crippen molar-refractivity contribution in [2.75, 3.05) is 5.32 Å². The highest BCUT2D eigenvalue weighted by Crippen LogP contribution is 2.19. The second-order valence-electron chi connectivity index (χ2n) is 5.08. The number of anilines is 1. The van der Waals surface area contributed by atoms with Crippen LogP contribution >= 0.6 is 0 Å². The molecule has 0 spiro atoms. The van der Waals surface area contributed by atoms with Crippen LogP contribution in [-0.2, 0) is 4.79 Å². The van der Waals surface area contributed by atoms with E-state index in [1.54, 1.807) is 30.3 Å². The van der Waals surface area contributed by atoms with Crippen LogP contribution in [0.25, 0.3) is 16.8 Å². The van der Waals surface area contributed by atoms with Crippen molar-refractivity contribution in [1.82, 2.24) is 0 Å². The Hall–Kier alpha value is -3.38. The van der Waals surface area contributed by atoms with E-state index < -0.39 is 0 Å². The van der Waals surface area contributed by atoms with Gasteiger partial charge < -0.3 is 5.32 Å². The highest BCUT2D eigenvalue weighted by molar-refractivity contribution is 6.03. The van der Waals surface area contributed by atoms with E-state index >= 15 is 0 Å². The van der Waals surface area contributed by atoms with Crippen molar-refractivity contribution in [3.63, 3.8) is 0 Å². The molecule has 0 saturated carbocycles. The van der Waals surface area contributed by atoms with Crippen LogP contribution in [0.1, 0.15) is 11.1 Å². The number of nitrogens with zero attached hydrogens (tertiary/aromatic N) is 1. The van der Waals surface area contributed by atoms with Gasteiger partial charge in [-0.05, 0) is 40.6 Å². The summed E-state index contributed by atoms with van der Waals surface area (Å²) in [5.41, 5.74) is 2.11. The molecule has 3 aromatic carbocycles. The predicted molar refractivity (Wildman–Crippen MR) is 92.8 cm³/mol. The minimum atomic E-state index is -0.229. The third kappa shape index (κ3) is 3.45. The lowest BCUT2D eigenvalue weighted by Gasteiger charge is -2.03. The van der Waals surface area contributed by atoms with E-state index in [0.717, 1.165) is 16.3 Å². The van der Waals surface area contributed by atoms with E-state index in [9.17, 15) is 4.79 Å². The summed E-state index contributed by atoms with van der Waals surface area (Å²) < 4.78 is 0. The van der Waals surface area contributed by atoms with E-state index in [2.05, 4.69) is 5.32 Å². The van der Waals surface area contributed by atoms with Gasteiger partial charge in [0.15, 0.2) is 0 Å². The Kier molecular flexibility index (Phi) is 4.17. The number of fused-ring (bicyclic) bond motifs is 1. The molecule has 0 radical (unpaired) electrons. The number of carbonyl (C=O) groups excluding carboxylic acids is 1. The summed E-state index contributed by atoms with van der Waals surface area (Å²) in [5.74, 6) is -0.229. The topological polar surface area (TPSA) is 52.9 Å². The minimum absolute atomic E-state index is 0.229. The van der Waals surface area contributed by atoms with E-state index in [4.69, 9.17) is 5.26 Å². The molecule has 0 unspecified atom stereocenters. The first-order valence-corrected chi connectivity index (χ1v) is 7.23. The van der Waals surface area contributed by atoms with Crippen molar-refractivity contribution in [3.05, 3.63) is 83.9 Å². The third-order valence-corrected chi connectivity index (χ3v) is 3.50. The first kappa shape index (κ1) is 14.6. The van der Waals surface area contributed by atoms with Crippen molar-refractivity contribution in [1.29, 1.82) is 5.26 Å². The molecule has 3 heteroatoms. The second kappa shape index (κ2) is 6.59. The van der Waals surface area contributed by atoms with E-state index in [1.807, 2.05) is 48.5 Å². The van der Waals surface area contributed by atoms with Gasteiger partial charge in [0, 0.05) is 11.8 Å². The molecule has 110 valence electrons. The van der Waals surface area contributed by atoms with Gasteiger partial charge >= 0.3 is 0 Å². The van der Waals surface area contributed by atoms with Crippen molar-refractivity contribution < 1.29 is 4.79 Å². The quantitative estimate of drug-likeness (QED) is 0.730. The molecule has 1 N–H and O–H groups in total. The van der Waals surface area contributed by atoms with Crippen molar-refractivity contribution in [2.45, 2.75) is 0 Å². The number of hydrogen-bond donors (Lipinski definition) is 1. The van der Waals surface area contributed by atoms with Gasteiger partial charge in [-0.15, -0.1) is 0 Å².